The van der Waals surface area contributed by atoms with Crippen LogP contribution in [0.1, 0.15) is 29.8 Å². The van der Waals surface area contributed by atoms with Gasteiger partial charge in [0.05, 0.1) is 29.5 Å². The van der Waals surface area contributed by atoms with Crippen molar-refractivity contribution in [2.24, 2.45) is 0 Å². The Balaban J connectivity index is 1.80. The highest BCUT2D eigenvalue weighted by atomic mass is 32.2. The van der Waals surface area contributed by atoms with Crippen LogP contribution in [-0.2, 0) is 25.7 Å². The van der Waals surface area contributed by atoms with Crippen LogP contribution in [0.2, 0.25) is 0 Å². The van der Waals surface area contributed by atoms with Crippen LogP contribution >= 0.6 is 0 Å². The van der Waals surface area contributed by atoms with Crippen LogP contribution in [0.15, 0.2) is 47.4 Å². The molecule has 3 N–H and O–H groups in total. The zero-order chi connectivity index (χ0) is 25.3. The Morgan fingerprint density at radius 3 is 2.53 bits per heavy atom. The number of ether oxygens (including phenoxy) is 2. The molecule has 186 valence electrons. The molecule has 3 rings (SSSR count). The summed E-state index contributed by atoms with van der Waals surface area (Å²) in [4.78, 5) is 12.1. The number of nitrogens with one attached hydrogen (secondary N) is 2. The van der Waals surface area contributed by atoms with E-state index < -0.39 is 62.1 Å². The van der Waals surface area contributed by atoms with Gasteiger partial charge in [-0.25, -0.2) is 12.8 Å². The average Bonchev–Trinajstić information content (AvgIpc) is 3.12. The molecule has 1 aliphatic rings. The summed E-state index contributed by atoms with van der Waals surface area (Å²) < 4.78 is 91.5. The van der Waals surface area contributed by atoms with Crippen molar-refractivity contribution in [3.8, 4) is 0 Å². The predicted molar refractivity (Wildman–Crippen MR) is 112 cm³/mol. The van der Waals surface area contributed by atoms with Crippen LogP contribution in [0.4, 0.5) is 23.2 Å². The Bertz CT molecular complexity index is 1170. The van der Waals surface area contributed by atoms with Crippen molar-refractivity contribution >= 4 is 21.6 Å². The lowest BCUT2D eigenvalue weighted by Crippen LogP contribution is -2.41. The summed E-state index contributed by atoms with van der Waals surface area (Å²) in [5.41, 5.74) is -2.80. The molecule has 1 amide bonds. The highest BCUT2D eigenvalue weighted by Crippen LogP contribution is 2.36. The van der Waals surface area contributed by atoms with E-state index in [1.807, 2.05) is 0 Å². The number of hydrogen-bond acceptors (Lipinski definition) is 6. The molecule has 1 heterocycles. The molecule has 34 heavy (non-hydrogen) atoms. The Hall–Kier alpha value is -2.74. The molecule has 0 spiro atoms. The van der Waals surface area contributed by atoms with E-state index in [1.165, 1.54) is 12.1 Å². The number of hydrogen-bond donors (Lipinski definition) is 3. The first kappa shape index (κ1) is 25.9. The van der Waals surface area contributed by atoms with Crippen molar-refractivity contribution in [2.45, 2.75) is 42.9 Å². The van der Waals surface area contributed by atoms with Crippen LogP contribution in [0.5, 0.6) is 0 Å². The molecular weight excluding hydrogens is 484 g/mol. The quantitative estimate of drug-likeness (QED) is 0.498. The summed E-state index contributed by atoms with van der Waals surface area (Å²) in [7, 11) is -4.69. The van der Waals surface area contributed by atoms with E-state index in [-0.39, 0.29) is 24.8 Å². The van der Waals surface area contributed by atoms with Gasteiger partial charge in [-0.1, -0.05) is 12.1 Å². The fourth-order valence-electron chi connectivity index (χ4n) is 3.26. The maximum Gasteiger partial charge on any atom is 0.418 e. The van der Waals surface area contributed by atoms with E-state index in [2.05, 4.69) is 5.32 Å². The molecule has 1 aliphatic heterocycles. The van der Waals surface area contributed by atoms with Gasteiger partial charge in [-0.05, 0) is 44.2 Å². The Labute approximate surface area is 192 Å². The smallest absolute Gasteiger partial charge is 0.388 e. The van der Waals surface area contributed by atoms with Crippen molar-refractivity contribution in [1.82, 2.24) is 5.32 Å². The average molecular weight is 506 g/mol. The number of carbonyl (C=O) groups is 1. The second-order valence-corrected chi connectivity index (χ2v) is 9.58. The standard InChI is InChI=1S/C21H22F4N2O6S/c1-20(2)32-11-17(33-20)16(28)10-26-19(29)13-5-3-4-6-18(13)34(30,31)27-15-8-7-12(22)9-14(15)21(23,24)25/h3-9,16-17,27-28H,10-11H2,1-2H3,(H,26,29). The van der Waals surface area contributed by atoms with Crippen LogP contribution in [0, 0.1) is 5.82 Å². The summed E-state index contributed by atoms with van der Waals surface area (Å²) in [5, 5.41) is 12.6. The van der Waals surface area contributed by atoms with Gasteiger partial charge < -0.3 is 19.9 Å². The largest absolute Gasteiger partial charge is 0.418 e. The molecule has 2 atom stereocenters. The first-order valence-corrected chi connectivity index (χ1v) is 11.4. The Kier molecular flexibility index (Phi) is 7.22. The SMILES string of the molecule is CC1(C)OCC(C(O)CNC(=O)c2ccccc2S(=O)(=O)Nc2ccc(F)cc2C(F)(F)F)O1. The van der Waals surface area contributed by atoms with Crippen LogP contribution < -0.4 is 10.0 Å². The van der Waals surface area contributed by atoms with Crippen LogP contribution in [0.3, 0.4) is 0 Å². The highest BCUT2D eigenvalue weighted by Gasteiger charge is 2.37. The lowest BCUT2D eigenvalue weighted by Gasteiger charge is -2.21. The van der Waals surface area contributed by atoms with Gasteiger partial charge >= 0.3 is 6.18 Å². The lowest BCUT2D eigenvalue weighted by molar-refractivity contribution is -0.150. The van der Waals surface area contributed by atoms with Gasteiger partial charge in [-0.2, -0.15) is 13.2 Å². The molecule has 0 bridgehead atoms. The summed E-state index contributed by atoms with van der Waals surface area (Å²) >= 11 is 0. The summed E-state index contributed by atoms with van der Waals surface area (Å²) in [6, 6.07) is 6.29. The second kappa shape index (κ2) is 9.49. The van der Waals surface area contributed by atoms with Crippen molar-refractivity contribution in [3.63, 3.8) is 0 Å². The maximum absolute atomic E-state index is 13.3. The monoisotopic (exact) mass is 506 g/mol. The molecule has 13 heteroatoms. The number of aliphatic hydroxyl groups is 1. The molecule has 8 nitrogen and oxygen atoms in total. The van der Waals surface area contributed by atoms with E-state index in [4.69, 9.17) is 9.47 Å². The highest BCUT2D eigenvalue weighted by molar-refractivity contribution is 7.92. The summed E-state index contributed by atoms with van der Waals surface area (Å²) in [6.45, 7) is 3.08. The third kappa shape index (κ3) is 6.03. The first-order valence-electron chi connectivity index (χ1n) is 9.96. The first-order chi connectivity index (χ1) is 15.7. The minimum absolute atomic E-state index is 0.0815. The van der Waals surface area contributed by atoms with Gasteiger partial charge in [0.2, 0.25) is 0 Å². The predicted octanol–water partition coefficient (Wildman–Crippen LogP) is 2.89. The number of halogens is 4. The molecule has 2 aromatic rings. The van der Waals surface area contributed by atoms with Gasteiger partial charge in [0.25, 0.3) is 15.9 Å². The number of sulfonamides is 1. The number of carbonyl (C=O) groups excluding carboxylic acids is 1. The normalized spacial score (nSPS) is 19.0. The molecule has 2 aromatic carbocycles. The fraction of sp³-hybridized carbons (Fsp3) is 0.381. The molecule has 0 aliphatic carbocycles. The van der Waals surface area contributed by atoms with Crippen LogP contribution in [-0.4, -0.2) is 50.6 Å². The lowest BCUT2D eigenvalue weighted by atomic mass is 10.2. The minimum Gasteiger partial charge on any atom is -0.388 e. The van der Waals surface area contributed by atoms with Gasteiger partial charge in [0, 0.05) is 6.54 Å². The number of aliphatic hydroxyl groups excluding tert-OH is 1. The van der Waals surface area contributed by atoms with Crippen molar-refractivity contribution in [3.05, 3.63) is 59.4 Å². The third-order valence-corrected chi connectivity index (χ3v) is 6.31. The third-order valence-electron chi connectivity index (χ3n) is 4.88. The number of anilines is 1. The number of rotatable bonds is 7. The summed E-state index contributed by atoms with van der Waals surface area (Å²) in [6.07, 6.45) is -6.93. The van der Waals surface area contributed by atoms with E-state index >= 15 is 0 Å². The minimum atomic E-state index is -5.03. The fourth-order valence-corrected chi connectivity index (χ4v) is 4.54. The van der Waals surface area contributed by atoms with E-state index in [0.717, 1.165) is 12.1 Å². The molecule has 2 unspecified atom stereocenters. The molecular formula is C21H22F4N2O6S. The molecule has 0 saturated carbocycles. The molecule has 0 aromatic heterocycles. The van der Waals surface area contributed by atoms with E-state index in [9.17, 15) is 35.9 Å². The second-order valence-electron chi connectivity index (χ2n) is 7.93. The molecule has 1 fully saturated rings. The van der Waals surface area contributed by atoms with E-state index in [0.29, 0.717) is 12.1 Å². The van der Waals surface area contributed by atoms with Gasteiger partial charge in [0.15, 0.2) is 5.79 Å². The molecule has 0 radical (unpaired) electrons. The van der Waals surface area contributed by atoms with E-state index in [1.54, 1.807) is 18.6 Å². The Morgan fingerprint density at radius 1 is 1.24 bits per heavy atom. The van der Waals surface area contributed by atoms with Crippen LogP contribution in [0.25, 0.3) is 0 Å². The topological polar surface area (TPSA) is 114 Å². The number of benzene rings is 2. The zero-order valence-electron chi connectivity index (χ0n) is 18.0. The Morgan fingerprint density at radius 2 is 1.91 bits per heavy atom. The summed E-state index contributed by atoms with van der Waals surface area (Å²) in [5.74, 6) is -3.00. The van der Waals surface area contributed by atoms with Crippen molar-refractivity contribution < 1.29 is 45.4 Å². The number of alkyl halides is 3. The maximum atomic E-state index is 13.3. The van der Waals surface area contributed by atoms with Crippen molar-refractivity contribution in [2.75, 3.05) is 17.9 Å². The zero-order valence-corrected chi connectivity index (χ0v) is 18.8. The molecule has 1 saturated heterocycles. The van der Waals surface area contributed by atoms with Gasteiger partial charge in [0.1, 0.15) is 16.8 Å². The van der Waals surface area contributed by atoms with Crippen molar-refractivity contribution in [1.29, 1.82) is 0 Å². The van der Waals surface area contributed by atoms with Gasteiger partial charge in [-0.3, -0.25) is 9.52 Å². The number of amides is 1. The van der Waals surface area contributed by atoms with Gasteiger partial charge in [-0.15, -0.1) is 0 Å².